The maximum atomic E-state index is 14.3. The number of benzene rings is 2. The van der Waals surface area contributed by atoms with Crippen LogP contribution in [-0.4, -0.2) is 22.6 Å². The van der Waals surface area contributed by atoms with Crippen LogP contribution in [0.4, 0.5) is 10.1 Å². The topological polar surface area (TPSA) is 59.2 Å². The normalized spacial score (nSPS) is 13.6. The maximum absolute atomic E-state index is 14.3. The van der Waals surface area contributed by atoms with Crippen LogP contribution in [0.5, 0.6) is 0 Å². The third-order valence-corrected chi connectivity index (χ3v) is 5.33. The summed E-state index contributed by atoms with van der Waals surface area (Å²) < 4.78 is 19.6. The van der Waals surface area contributed by atoms with Crippen molar-refractivity contribution in [2.75, 3.05) is 11.4 Å². The van der Waals surface area contributed by atoms with E-state index in [2.05, 4.69) is 36.1 Å². The fourth-order valence-corrected chi connectivity index (χ4v) is 3.69. The lowest BCUT2D eigenvalue weighted by Crippen LogP contribution is -2.36. The number of carbonyl (C=O) groups is 1. The Balaban J connectivity index is 1.42. The monoisotopic (exact) mass is 393 g/mol. The summed E-state index contributed by atoms with van der Waals surface area (Å²) in [7, 11) is 0. The average molecular weight is 393 g/mol. The van der Waals surface area contributed by atoms with E-state index in [0.29, 0.717) is 36.3 Å². The predicted octanol–water partition coefficient (Wildman–Crippen LogP) is 4.91. The van der Waals surface area contributed by atoms with Crippen LogP contribution in [0, 0.1) is 5.82 Å². The van der Waals surface area contributed by atoms with Gasteiger partial charge in [-0.3, -0.25) is 4.79 Å². The molecule has 1 aliphatic heterocycles. The van der Waals surface area contributed by atoms with Crippen LogP contribution in [0.1, 0.15) is 49.6 Å². The summed E-state index contributed by atoms with van der Waals surface area (Å²) in [6.07, 6.45) is 2.15. The molecule has 150 valence electrons. The van der Waals surface area contributed by atoms with Crippen LogP contribution >= 0.6 is 0 Å². The van der Waals surface area contributed by atoms with Gasteiger partial charge in [0.25, 0.3) is 0 Å². The number of aryl methyl sites for hydroxylation is 2. The van der Waals surface area contributed by atoms with Crippen LogP contribution in [0.25, 0.3) is 11.4 Å². The van der Waals surface area contributed by atoms with Gasteiger partial charge in [-0.15, -0.1) is 0 Å². The van der Waals surface area contributed by atoms with E-state index in [0.717, 1.165) is 24.0 Å². The molecular formula is C23H24FN3O2. The van der Waals surface area contributed by atoms with Gasteiger partial charge >= 0.3 is 0 Å². The zero-order valence-electron chi connectivity index (χ0n) is 16.7. The smallest absolute Gasteiger partial charge is 0.227 e. The van der Waals surface area contributed by atoms with Crippen LogP contribution in [0.15, 0.2) is 47.0 Å². The molecule has 0 fully saturated rings. The molecule has 0 saturated heterocycles. The Morgan fingerprint density at radius 3 is 2.76 bits per heavy atom. The molecule has 29 heavy (non-hydrogen) atoms. The number of anilines is 1. The van der Waals surface area contributed by atoms with Gasteiger partial charge in [-0.2, -0.15) is 4.98 Å². The number of para-hydroxylation sites is 1. The molecule has 5 nitrogen and oxygen atoms in total. The van der Waals surface area contributed by atoms with Crippen molar-refractivity contribution in [2.24, 2.45) is 0 Å². The Hall–Kier alpha value is -3.02. The third kappa shape index (κ3) is 4.06. The molecule has 1 aliphatic rings. The predicted molar refractivity (Wildman–Crippen MR) is 109 cm³/mol. The number of hydrogen-bond donors (Lipinski definition) is 0. The Morgan fingerprint density at radius 2 is 2.00 bits per heavy atom. The second kappa shape index (κ2) is 8.15. The molecular weight excluding hydrogens is 369 g/mol. The second-order valence-corrected chi connectivity index (χ2v) is 7.68. The molecule has 0 atom stereocenters. The van der Waals surface area contributed by atoms with Crippen LogP contribution < -0.4 is 4.90 Å². The van der Waals surface area contributed by atoms with E-state index < -0.39 is 0 Å². The van der Waals surface area contributed by atoms with Gasteiger partial charge in [0, 0.05) is 24.9 Å². The number of rotatable bonds is 5. The van der Waals surface area contributed by atoms with Crippen LogP contribution in [-0.2, 0) is 17.6 Å². The van der Waals surface area contributed by atoms with Crippen molar-refractivity contribution in [3.05, 3.63) is 65.3 Å². The van der Waals surface area contributed by atoms with Crippen molar-refractivity contribution in [1.82, 2.24) is 10.1 Å². The molecule has 6 heteroatoms. The Kier molecular flexibility index (Phi) is 5.43. The summed E-state index contributed by atoms with van der Waals surface area (Å²) in [5, 5.41) is 4.03. The van der Waals surface area contributed by atoms with E-state index in [1.165, 1.54) is 11.6 Å². The number of carbonyl (C=O) groups excluding carboxylic acids is 1. The first-order valence-electron chi connectivity index (χ1n) is 10.0. The van der Waals surface area contributed by atoms with Gasteiger partial charge in [-0.1, -0.05) is 55.4 Å². The summed E-state index contributed by atoms with van der Waals surface area (Å²) in [5.41, 5.74) is 3.43. The van der Waals surface area contributed by atoms with Gasteiger partial charge in [-0.25, -0.2) is 4.39 Å². The van der Waals surface area contributed by atoms with Gasteiger partial charge in [0.15, 0.2) is 0 Å². The number of hydrogen-bond acceptors (Lipinski definition) is 4. The maximum Gasteiger partial charge on any atom is 0.227 e. The lowest BCUT2D eigenvalue weighted by molar-refractivity contribution is -0.118. The molecule has 3 aromatic rings. The fraction of sp³-hybridized carbons (Fsp3) is 0.348. The molecule has 0 spiro atoms. The van der Waals surface area contributed by atoms with E-state index in [4.69, 9.17) is 4.52 Å². The van der Waals surface area contributed by atoms with Gasteiger partial charge in [0.2, 0.25) is 17.6 Å². The number of aromatic nitrogens is 2. The Bertz CT molecular complexity index is 1010. The lowest BCUT2D eigenvalue weighted by atomic mass is 10.0. The summed E-state index contributed by atoms with van der Waals surface area (Å²) in [6, 6.07) is 13.0. The molecule has 1 amide bonds. The first kappa shape index (κ1) is 19.3. The van der Waals surface area contributed by atoms with E-state index in [1.807, 2.05) is 18.2 Å². The standard InChI is InChI=1S/C23H24FN3O2/c1-15(2)16-8-10-18(11-9-16)23-25-20(29-26-23)12-13-21(28)27-14-4-6-17-5-3-7-19(24)22(17)27/h3,5,7-11,15H,4,6,12-14H2,1-2H3. The number of halogens is 1. The highest BCUT2D eigenvalue weighted by Gasteiger charge is 2.25. The van der Waals surface area contributed by atoms with Crippen molar-refractivity contribution < 1.29 is 13.7 Å². The molecule has 0 N–H and O–H groups in total. The molecule has 4 rings (SSSR count). The molecule has 2 heterocycles. The van der Waals surface area contributed by atoms with E-state index in [1.54, 1.807) is 11.0 Å². The number of fused-ring (bicyclic) bond motifs is 1. The fourth-order valence-electron chi connectivity index (χ4n) is 3.69. The quantitative estimate of drug-likeness (QED) is 0.618. The minimum absolute atomic E-state index is 0.128. The molecule has 0 unspecified atom stereocenters. The average Bonchev–Trinajstić information content (AvgIpc) is 3.21. The van der Waals surface area contributed by atoms with Crippen LogP contribution in [0.2, 0.25) is 0 Å². The molecule has 1 aromatic heterocycles. The SMILES string of the molecule is CC(C)c1ccc(-c2noc(CCC(=O)N3CCCc4cccc(F)c43)n2)cc1. The third-order valence-electron chi connectivity index (χ3n) is 5.33. The molecule has 0 saturated carbocycles. The zero-order chi connectivity index (χ0) is 20.4. The highest BCUT2D eigenvalue weighted by Crippen LogP contribution is 2.30. The summed E-state index contributed by atoms with van der Waals surface area (Å²) >= 11 is 0. The molecule has 0 aliphatic carbocycles. The Labute approximate surface area is 169 Å². The zero-order valence-corrected chi connectivity index (χ0v) is 16.7. The van der Waals surface area contributed by atoms with Gasteiger partial charge in [0.1, 0.15) is 5.82 Å². The van der Waals surface area contributed by atoms with Gasteiger partial charge < -0.3 is 9.42 Å². The highest BCUT2D eigenvalue weighted by molar-refractivity contribution is 5.94. The summed E-state index contributed by atoms with van der Waals surface area (Å²) in [4.78, 5) is 18.7. The summed E-state index contributed by atoms with van der Waals surface area (Å²) in [6.45, 7) is 4.82. The highest BCUT2D eigenvalue weighted by atomic mass is 19.1. The van der Waals surface area contributed by atoms with E-state index in [-0.39, 0.29) is 18.1 Å². The van der Waals surface area contributed by atoms with Crippen molar-refractivity contribution in [2.45, 2.75) is 45.4 Å². The number of amides is 1. The molecule has 2 aromatic carbocycles. The first-order chi connectivity index (χ1) is 14.0. The van der Waals surface area contributed by atoms with Crippen molar-refractivity contribution in [3.8, 4) is 11.4 Å². The van der Waals surface area contributed by atoms with E-state index >= 15 is 0 Å². The minimum Gasteiger partial charge on any atom is -0.339 e. The molecule has 0 radical (unpaired) electrons. The lowest BCUT2D eigenvalue weighted by Gasteiger charge is -2.29. The van der Waals surface area contributed by atoms with Crippen molar-refractivity contribution >= 4 is 11.6 Å². The van der Waals surface area contributed by atoms with Crippen molar-refractivity contribution in [1.29, 1.82) is 0 Å². The number of nitrogens with zero attached hydrogens (tertiary/aromatic N) is 3. The Morgan fingerprint density at radius 1 is 1.21 bits per heavy atom. The van der Waals surface area contributed by atoms with E-state index in [9.17, 15) is 9.18 Å². The second-order valence-electron chi connectivity index (χ2n) is 7.68. The summed E-state index contributed by atoms with van der Waals surface area (Å²) in [5.74, 6) is 0.905. The van der Waals surface area contributed by atoms with Crippen LogP contribution in [0.3, 0.4) is 0 Å². The van der Waals surface area contributed by atoms with Crippen molar-refractivity contribution in [3.63, 3.8) is 0 Å². The van der Waals surface area contributed by atoms with Gasteiger partial charge in [0.05, 0.1) is 5.69 Å². The van der Waals surface area contributed by atoms with Gasteiger partial charge in [-0.05, 0) is 36.0 Å². The largest absolute Gasteiger partial charge is 0.339 e. The minimum atomic E-state index is -0.347. The first-order valence-corrected chi connectivity index (χ1v) is 10.0. The molecule has 0 bridgehead atoms.